The van der Waals surface area contributed by atoms with Crippen LogP contribution >= 0.6 is 13.5 Å². The first-order chi connectivity index (χ1) is 14.3. The zero-order chi connectivity index (χ0) is 21.5. The molecule has 9 heteroatoms. The molecule has 1 N–H and O–H groups in total. The minimum Gasteiger partial charge on any atom is -0.395 e. The zero-order valence-electron chi connectivity index (χ0n) is 17.4. The van der Waals surface area contributed by atoms with Crippen molar-refractivity contribution in [1.29, 1.82) is 0 Å². The number of Topliss-reactive ketones (excluding diaryl/α,β-unsaturated/α-hetero) is 1. The summed E-state index contributed by atoms with van der Waals surface area (Å²) in [5, 5.41) is 10.8. The lowest BCUT2D eigenvalue weighted by Crippen LogP contribution is -2.32. The SMILES string of the molecule is CC(=O)Cc1cc2c(-c3cc(C(F)F)cc([C@]4(CO)CCOC4)n3)cn(C)c2cn1.S. The van der Waals surface area contributed by atoms with Crippen LogP contribution in [0.3, 0.4) is 0 Å². The van der Waals surface area contributed by atoms with Gasteiger partial charge in [0.15, 0.2) is 0 Å². The van der Waals surface area contributed by atoms with Gasteiger partial charge in [-0.1, -0.05) is 0 Å². The number of ether oxygens (including phenoxy) is 1. The molecule has 1 aliphatic heterocycles. The van der Waals surface area contributed by atoms with E-state index in [1.54, 1.807) is 6.20 Å². The lowest BCUT2D eigenvalue weighted by molar-refractivity contribution is -0.116. The molecule has 3 aromatic heterocycles. The van der Waals surface area contributed by atoms with Gasteiger partial charge in [-0.05, 0) is 31.5 Å². The van der Waals surface area contributed by atoms with E-state index in [0.717, 1.165) is 10.9 Å². The Balaban J connectivity index is 0.00000272. The Labute approximate surface area is 185 Å². The van der Waals surface area contributed by atoms with Crippen molar-refractivity contribution < 1.29 is 23.4 Å². The number of pyridine rings is 2. The number of aliphatic hydroxyl groups is 1. The Bertz CT molecular complexity index is 1110. The highest BCUT2D eigenvalue weighted by molar-refractivity contribution is 7.59. The minimum atomic E-state index is -2.67. The largest absolute Gasteiger partial charge is 0.395 e. The number of carbonyl (C=O) groups excluding carboxylic acids is 1. The molecule has 0 saturated carbocycles. The second-order valence-corrected chi connectivity index (χ2v) is 7.94. The summed E-state index contributed by atoms with van der Waals surface area (Å²) < 4.78 is 34.7. The number of hydrogen-bond donors (Lipinski definition) is 1. The zero-order valence-corrected chi connectivity index (χ0v) is 18.4. The number of ketones is 1. The maximum absolute atomic E-state index is 13.7. The number of carbonyl (C=O) groups is 1. The predicted molar refractivity (Wildman–Crippen MR) is 118 cm³/mol. The first-order valence-corrected chi connectivity index (χ1v) is 9.76. The van der Waals surface area contributed by atoms with E-state index in [1.807, 2.05) is 23.9 Å². The highest BCUT2D eigenvalue weighted by Gasteiger charge is 2.38. The van der Waals surface area contributed by atoms with Crippen molar-refractivity contribution in [2.24, 2.45) is 7.05 Å². The van der Waals surface area contributed by atoms with Crippen LogP contribution in [0.1, 0.15) is 36.7 Å². The fraction of sp³-hybridized carbons (Fsp3) is 0.409. The number of rotatable bonds is 6. The summed E-state index contributed by atoms with van der Waals surface area (Å²) in [6.45, 7) is 1.96. The third-order valence-electron chi connectivity index (χ3n) is 5.69. The molecule has 4 rings (SSSR count). The highest BCUT2D eigenvalue weighted by Crippen LogP contribution is 2.37. The van der Waals surface area contributed by atoms with Crippen molar-refractivity contribution in [1.82, 2.24) is 14.5 Å². The molecule has 31 heavy (non-hydrogen) atoms. The van der Waals surface area contributed by atoms with Gasteiger partial charge in [0.05, 0.1) is 41.7 Å². The molecule has 0 aliphatic carbocycles. The van der Waals surface area contributed by atoms with Gasteiger partial charge in [-0.3, -0.25) is 14.8 Å². The lowest BCUT2D eigenvalue weighted by atomic mass is 9.83. The summed E-state index contributed by atoms with van der Waals surface area (Å²) in [6.07, 6.45) is 1.54. The van der Waals surface area contributed by atoms with Gasteiger partial charge in [0.1, 0.15) is 5.78 Å². The monoisotopic (exact) mass is 449 g/mol. The number of nitrogens with zero attached hydrogens (tertiary/aromatic N) is 3. The quantitative estimate of drug-likeness (QED) is 0.624. The van der Waals surface area contributed by atoms with Gasteiger partial charge in [0, 0.05) is 48.5 Å². The van der Waals surface area contributed by atoms with E-state index < -0.39 is 11.8 Å². The number of aromatic nitrogens is 3. The van der Waals surface area contributed by atoms with Gasteiger partial charge in [-0.2, -0.15) is 13.5 Å². The van der Waals surface area contributed by atoms with E-state index in [4.69, 9.17) is 9.72 Å². The fourth-order valence-electron chi connectivity index (χ4n) is 3.98. The molecule has 1 saturated heterocycles. The highest BCUT2D eigenvalue weighted by atomic mass is 32.1. The maximum Gasteiger partial charge on any atom is 0.263 e. The molecular formula is C22H25F2N3O3S. The summed E-state index contributed by atoms with van der Waals surface area (Å²) in [6, 6.07) is 4.56. The van der Waals surface area contributed by atoms with Crippen LogP contribution in [0, 0.1) is 0 Å². The number of aryl methyl sites for hydroxylation is 1. The Morgan fingerprint density at radius 2 is 2.13 bits per heavy atom. The molecule has 0 aromatic carbocycles. The maximum atomic E-state index is 13.7. The number of aliphatic hydroxyl groups excluding tert-OH is 1. The van der Waals surface area contributed by atoms with E-state index in [9.17, 15) is 18.7 Å². The van der Waals surface area contributed by atoms with E-state index in [0.29, 0.717) is 35.7 Å². The molecule has 1 aliphatic rings. The van der Waals surface area contributed by atoms with E-state index >= 15 is 0 Å². The molecule has 3 aromatic rings. The van der Waals surface area contributed by atoms with Crippen molar-refractivity contribution >= 4 is 30.2 Å². The van der Waals surface area contributed by atoms with Crippen LogP contribution < -0.4 is 0 Å². The Morgan fingerprint density at radius 1 is 1.35 bits per heavy atom. The van der Waals surface area contributed by atoms with Crippen LogP contribution in [-0.2, 0) is 28.4 Å². The molecule has 1 atom stereocenters. The second-order valence-electron chi connectivity index (χ2n) is 7.94. The second kappa shape index (κ2) is 9.02. The molecule has 4 heterocycles. The summed E-state index contributed by atoms with van der Waals surface area (Å²) in [7, 11) is 1.84. The van der Waals surface area contributed by atoms with Crippen LogP contribution in [0.2, 0.25) is 0 Å². The summed E-state index contributed by atoms with van der Waals surface area (Å²) in [5.74, 6) is -0.00874. The molecule has 0 radical (unpaired) electrons. The van der Waals surface area contributed by atoms with Crippen molar-refractivity contribution in [3.8, 4) is 11.3 Å². The molecule has 0 unspecified atom stereocenters. The van der Waals surface area contributed by atoms with Crippen molar-refractivity contribution in [3.63, 3.8) is 0 Å². The number of hydrogen-bond acceptors (Lipinski definition) is 5. The Kier molecular flexibility index (Phi) is 6.78. The molecule has 6 nitrogen and oxygen atoms in total. The molecule has 0 amide bonds. The van der Waals surface area contributed by atoms with Crippen molar-refractivity contribution in [2.75, 3.05) is 19.8 Å². The van der Waals surface area contributed by atoms with E-state index in [1.165, 1.54) is 19.1 Å². The van der Waals surface area contributed by atoms with Crippen LogP contribution in [0.15, 0.2) is 30.6 Å². The van der Waals surface area contributed by atoms with Crippen LogP contribution in [0.4, 0.5) is 8.78 Å². The molecule has 166 valence electrons. The summed E-state index contributed by atoms with van der Waals surface area (Å²) in [5.41, 5.74) is 1.97. The molecule has 0 spiro atoms. The Hall–Kier alpha value is -2.36. The Morgan fingerprint density at radius 3 is 2.74 bits per heavy atom. The van der Waals surface area contributed by atoms with Crippen molar-refractivity contribution in [3.05, 3.63) is 47.5 Å². The fourth-order valence-corrected chi connectivity index (χ4v) is 3.98. The van der Waals surface area contributed by atoms with Gasteiger partial charge in [0.25, 0.3) is 6.43 Å². The lowest BCUT2D eigenvalue weighted by Gasteiger charge is -2.25. The normalized spacial score (nSPS) is 18.5. The minimum absolute atomic E-state index is 0. The number of alkyl halides is 2. The van der Waals surface area contributed by atoms with Gasteiger partial charge < -0.3 is 14.4 Å². The smallest absolute Gasteiger partial charge is 0.263 e. The van der Waals surface area contributed by atoms with Gasteiger partial charge in [0.2, 0.25) is 0 Å². The van der Waals surface area contributed by atoms with Gasteiger partial charge in [-0.15, -0.1) is 0 Å². The third kappa shape index (κ3) is 4.35. The number of fused-ring (bicyclic) bond motifs is 1. The van der Waals surface area contributed by atoms with Gasteiger partial charge >= 0.3 is 0 Å². The van der Waals surface area contributed by atoms with Crippen LogP contribution in [0.25, 0.3) is 22.2 Å². The van der Waals surface area contributed by atoms with Gasteiger partial charge in [-0.25, -0.2) is 8.78 Å². The topological polar surface area (TPSA) is 77.2 Å². The van der Waals surface area contributed by atoms with Crippen LogP contribution in [-0.4, -0.2) is 45.2 Å². The first-order valence-electron chi connectivity index (χ1n) is 9.76. The predicted octanol–water partition coefficient (Wildman–Crippen LogP) is 3.47. The number of halogens is 2. The molecular weight excluding hydrogens is 424 g/mol. The average Bonchev–Trinajstić information content (AvgIpc) is 3.33. The molecule has 0 bridgehead atoms. The van der Waals surface area contributed by atoms with E-state index in [2.05, 4.69) is 4.98 Å². The summed E-state index contributed by atoms with van der Waals surface area (Å²) >= 11 is 0. The average molecular weight is 450 g/mol. The van der Waals surface area contributed by atoms with Crippen molar-refractivity contribution in [2.45, 2.75) is 31.6 Å². The first kappa shape index (κ1) is 23.3. The third-order valence-corrected chi connectivity index (χ3v) is 5.69. The standard InChI is InChI=1S/C22H23F2N3O3.H2S/c1-13(29)5-15-8-16-17(10-27(2)19(16)9-25-15)18-6-14(21(23)24)7-20(26-18)22(11-28)3-4-30-12-22;/h6-10,21,28H,3-5,11-12H2,1-2H3;1H2/t22-;/m0./s1. The van der Waals surface area contributed by atoms with Crippen LogP contribution in [0.5, 0.6) is 0 Å². The molecule has 1 fully saturated rings. The van der Waals surface area contributed by atoms with E-state index in [-0.39, 0.29) is 44.5 Å². The summed E-state index contributed by atoms with van der Waals surface area (Å²) in [4.78, 5) is 20.5.